The Bertz CT molecular complexity index is 373. The maximum atomic E-state index is 10.2. The van der Waals surface area contributed by atoms with E-state index in [2.05, 4.69) is 12.2 Å². The number of hydrogen-bond donors (Lipinski definition) is 2. The largest absolute Gasteiger partial charge is 0.497 e. The van der Waals surface area contributed by atoms with Gasteiger partial charge in [0.25, 0.3) is 0 Å². The Labute approximate surface area is 116 Å². The number of aliphatic hydroxyl groups is 1. The zero-order valence-corrected chi connectivity index (χ0v) is 11.9. The first kappa shape index (κ1) is 14.4. The van der Waals surface area contributed by atoms with Gasteiger partial charge in [-0.15, -0.1) is 0 Å². The highest BCUT2D eigenvalue weighted by molar-refractivity contribution is 5.28. The van der Waals surface area contributed by atoms with E-state index < -0.39 is 6.10 Å². The summed E-state index contributed by atoms with van der Waals surface area (Å²) in [5.41, 5.74) is 0.939. The van der Waals surface area contributed by atoms with E-state index in [1.54, 1.807) is 7.11 Å². The van der Waals surface area contributed by atoms with Gasteiger partial charge in [-0.05, 0) is 36.5 Å². The highest BCUT2D eigenvalue weighted by Crippen LogP contribution is 2.34. The van der Waals surface area contributed by atoms with Gasteiger partial charge >= 0.3 is 0 Å². The average Bonchev–Trinajstić information content (AvgIpc) is 3.27. The molecule has 2 atom stereocenters. The molecule has 1 aromatic rings. The van der Waals surface area contributed by atoms with Crippen molar-refractivity contribution in [1.29, 1.82) is 0 Å². The van der Waals surface area contributed by atoms with Crippen LogP contribution in [0.15, 0.2) is 24.3 Å². The van der Waals surface area contributed by atoms with Crippen LogP contribution in [-0.2, 0) is 0 Å². The van der Waals surface area contributed by atoms with E-state index in [9.17, 15) is 5.11 Å². The Balaban J connectivity index is 1.79. The molecule has 1 saturated carbocycles. The molecule has 0 bridgehead atoms. The Kier molecular flexibility index (Phi) is 5.23. The van der Waals surface area contributed by atoms with E-state index in [-0.39, 0.29) is 0 Å². The molecule has 106 valence electrons. The Morgan fingerprint density at radius 1 is 1.32 bits per heavy atom. The molecule has 0 spiro atoms. The van der Waals surface area contributed by atoms with Crippen molar-refractivity contribution in [2.45, 2.75) is 44.8 Å². The lowest BCUT2D eigenvalue weighted by atomic mass is 10.1. The minimum Gasteiger partial charge on any atom is -0.497 e. The van der Waals surface area contributed by atoms with Gasteiger partial charge in [0.15, 0.2) is 0 Å². The maximum Gasteiger partial charge on any atom is 0.118 e. The molecule has 1 aromatic carbocycles. The first-order valence-corrected chi connectivity index (χ1v) is 7.28. The van der Waals surface area contributed by atoms with Gasteiger partial charge in [-0.2, -0.15) is 0 Å². The van der Waals surface area contributed by atoms with E-state index in [0.717, 1.165) is 23.7 Å². The standard InChI is InChI=1S/C16H25NO2/c1-3-14(10-12-4-5-12)17-11-16(18)13-6-8-15(19-2)9-7-13/h6-9,12,14,16-18H,3-5,10-11H2,1-2H3. The first-order valence-electron chi connectivity index (χ1n) is 7.28. The third kappa shape index (κ3) is 4.51. The molecule has 0 saturated heterocycles. The van der Waals surface area contributed by atoms with Crippen LogP contribution in [0.1, 0.15) is 44.3 Å². The molecule has 3 heteroatoms. The summed E-state index contributed by atoms with van der Waals surface area (Å²) in [6.07, 6.45) is 4.72. The second kappa shape index (κ2) is 6.92. The molecule has 0 aromatic heterocycles. The van der Waals surface area contributed by atoms with Crippen LogP contribution < -0.4 is 10.1 Å². The fraction of sp³-hybridized carbons (Fsp3) is 0.625. The zero-order valence-electron chi connectivity index (χ0n) is 11.9. The van der Waals surface area contributed by atoms with Gasteiger partial charge in [0.2, 0.25) is 0 Å². The second-order valence-corrected chi connectivity index (χ2v) is 5.48. The van der Waals surface area contributed by atoms with Crippen LogP contribution in [0.5, 0.6) is 5.75 Å². The number of rotatable bonds is 8. The van der Waals surface area contributed by atoms with Gasteiger partial charge in [-0.1, -0.05) is 31.9 Å². The van der Waals surface area contributed by atoms with Crippen molar-refractivity contribution in [2.24, 2.45) is 5.92 Å². The third-order valence-corrected chi connectivity index (χ3v) is 3.91. The van der Waals surface area contributed by atoms with E-state index in [4.69, 9.17) is 4.74 Å². The van der Waals surface area contributed by atoms with Crippen molar-refractivity contribution in [1.82, 2.24) is 5.32 Å². The number of ether oxygens (including phenoxy) is 1. The number of nitrogens with one attached hydrogen (secondary N) is 1. The number of hydrogen-bond acceptors (Lipinski definition) is 3. The molecule has 3 nitrogen and oxygen atoms in total. The predicted molar refractivity (Wildman–Crippen MR) is 77.4 cm³/mol. The van der Waals surface area contributed by atoms with Crippen LogP contribution in [0.4, 0.5) is 0 Å². The Morgan fingerprint density at radius 3 is 2.53 bits per heavy atom. The minimum absolute atomic E-state index is 0.445. The smallest absolute Gasteiger partial charge is 0.118 e. The van der Waals surface area contributed by atoms with Crippen LogP contribution >= 0.6 is 0 Å². The summed E-state index contributed by atoms with van der Waals surface area (Å²) >= 11 is 0. The van der Waals surface area contributed by atoms with Crippen molar-refractivity contribution < 1.29 is 9.84 Å². The van der Waals surface area contributed by atoms with Gasteiger partial charge in [0, 0.05) is 12.6 Å². The highest BCUT2D eigenvalue weighted by Gasteiger charge is 2.24. The first-order chi connectivity index (χ1) is 9.22. The Morgan fingerprint density at radius 2 is 2.00 bits per heavy atom. The summed E-state index contributed by atoms with van der Waals surface area (Å²) in [6.45, 7) is 2.83. The van der Waals surface area contributed by atoms with Crippen molar-refractivity contribution >= 4 is 0 Å². The van der Waals surface area contributed by atoms with Crippen molar-refractivity contribution in [3.05, 3.63) is 29.8 Å². The zero-order chi connectivity index (χ0) is 13.7. The van der Waals surface area contributed by atoms with Crippen LogP contribution in [0.2, 0.25) is 0 Å². The normalized spacial score (nSPS) is 18.1. The van der Waals surface area contributed by atoms with E-state index in [1.807, 2.05) is 24.3 Å². The SMILES string of the molecule is CCC(CC1CC1)NCC(O)c1ccc(OC)cc1. The molecular weight excluding hydrogens is 238 g/mol. The molecule has 19 heavy (non-hydrogen) atoms. The third-order valence-electron chi connectivity index (χ3n) is 3.91. The van der Waals surface area contributed by atoms with Gasteiger partial charge in [0.05, 0.1) is 13.2 Å². The lowest BCUT2D eigenvalue weighted by molar-refractivity contribution is 0.168. The molecule has 0 radical (unpaired) electrons. The summed E-state index contributed by atoms with van der Waals surface area (Å²) in [5.74, 6) is 1.75. The number of benzene rings is 1. The van der Waals surface area contributed by atoms with Crippen molar-refractivity contribution in [3.63, 3.8) is 0 Å². The summed E-state index contributed by atoms with van der Waals surface area (Å²) in [5, 5.41) is 13.7. The minimum atomic E-state index is -0.445. The number of aliphatic hydroxyl groups excluding tert-OH is 1. The molecule has 0 amide bonds. The lowest BCUT2D eigenvalue weighted by Gasteiger charge is -2.19. The van der Waals surface area contributed by atoms with Crippen LogP contribution in [0, 0.1) is 5.92 Å². The molecule has 0 heterocycles. The van der Waals surface area contributed by atoms with Crippen molar-refractivity contribution in [2.75, 3.05) is 13.7 Å². The molecule has 2 unspecified atom stereocenters. The molecule has 1 aliphatic rings. The molecular formula is C16H25NO2. The summed E-state index contributed by atoms with van der Waals surface area (Å²) in [7, 11) is 1.65. The molecule has 2 N–H and O–H groups in total. The number of methoxy groups -OCH3 is 1. The fourth-order valence-electron chi connectivity index (χ4n) is 2.37. The van der Waals surface area contributed by atoms with E-state index in [0.29, 0.717) is 12.6 Å². The van der Waals surface area contributed by atoms with Crippen molar-refractivity contribution in [3.8, 4) is 5.75 Å². The van der Waals surface area contributed by atoms with Crippen LogP contribution in [0.3, 0.4) is 0 Å². The lowest BCUT2D eigenvalue weighted by Crippen LogP contribution is -2.32. The van der Waals surface area contributed by atoms with E-state index >= 15 is 0 Å². The summed E-state index contributed by atoms with van der Waals surface area (Å²) in [4.78, 5) is 0. The summed E-state index contributed by atoms with van der Waals surface area (Å²) in [6, 6.07) is 8.17. The molecule has 2 rings (SSSR count). The quantitative estimate of drug-likeness (QED) is 0.758. The highest BCUT2D eigenvalue weighted by atomic mass is 16.5. The van der Waals surface area contributed by atoms with E-state index in [1.165, 1.54) is 19.3 Å². The average molecular weight is 263 g/mol. The molecule has 0 aliphatic heterocycles. The molecule has 1 aliphatic carbocycles. The van der Waals surface area contributed by atoms with Gasteiger partial charge < -0.3 is 15.2 Å². The topological polar surface area (TPSA) is 41.5 Å². The van der Waals surface area contributed by atoms with Crippen LogP contribution in [-0.4, -0.2) is 24.8 Å². The molecule has 1 fully saturated rings. The van der Waals surface area contributed by atoms with Crippen LogP contribution in [0.25, 0.3) is 0 Å². The van der Waals surface area contributed by atoms with Gasteiger partial charge in [-0.25, -0.2) is 0 Å². The second-order valence-electron chi connectivity index (χ2n) is 5.48. The summed E-state index contributed by atoms with van der Waals surface area (Å²) < 4.78 is 5.12. The Hall–Kier alpha value is -1.06. The fourth-order valence-corrected chi connectivity index (χ4v) is 2.37. The van der Waals surface area contributed by atoms with Gasteiger partial charge in [-0.3, -0.25) is 0 Å². The maximum absolute atomic E-state index is 10.2. The monoisotopic (exact) mass is 263 g/mol. The predicted octanol–water partition coefficient (Wildman–Crippen LogP) is 2.90. The van der Waals surface area contributed by atoms with Gasteiger partial charge in [0.1, 0.15) is 5.75 Å².